The summed E-state index contributed by atoms with van der Waals surface area (Å²) in [6.45, 7) is 4.23. The highest BCUT2D eigenvalue weighted by atomic mass is 16.5. The number of aryl methyl sites for hydroxylation is 1. The Morgan fingerprint density at radius 2 is 2.24 bits per heavy atom. The number of hydrogen-bond acceptors (Lipinski definition) is 4. The van der Waals surface area contributed by atoms with Gasteiger partial charge in [0.05, 0.1) is 30.7 Å². The Hall–Kier alpha value is -2.34. The molecule has 0 fully saturated rings. The van der Waals surface area contributed by atoms with Gasteiger partial charge in [0.2, 0.25) is 5.91 Å². The van der Waals surface area contributed by atoms with Crippen LogP contribution in [0, 0.1) is 0 Å². The minimum Gasteiger partial charge on any atom is -0.493 e. The van der Waals surface area contributed by atoms with Crippen LogP contribution in [-0.2, 0) is 24.8 Å². The van der Waals surface area contributed by atoms with Gasteiger partial charge in [0, 0.05) is 44.2 Å². The van der Waals surface area contributed by atoms with Crippen molar-refractivity contribution >= 4 is 5.91 Å². The number of benzene rings is 1. The Labute approximate surface area is 147 Å². The molecule has 1 aromatic heterocycles. The Kier molecular flexibility index (Phi) is 4.21. The highest BCUT2D eigenvalue weighted by Gasteiger charge is 2.30. The maximum atomic E-state index is 12.8. The van der Waals surface area contributed by atoms with Crippen LogP contribution in [0.15, 0.2) is 30.6 Å². The lowest BCUT2D eigenvalue weighted by Crippen LogP contribution is -2.48. The second-order valence-corrected chi connectivity index (χ2v) is 6.88. The molecule has 2 aliphatic heterocycles. The fraction of sp³-hybridized carbons (Fsp3) is 0.474. The number of rotatable bonds is 3. The van der Waals surface area contributed by atoms with Gasteiger partial charge in [-0.15, -0.1) is 0 Å². The zero-order valence-corrected chi connectivity index (χ0v) is 14.7. The van der Waals surface area contributed by atoms with Crippen LogP contribution in [0.5, 0.6) is 5.75 Å². The minimum atomic E-state index is -0.176. The van der Waals surface area contributed by atoms with E-state index in [1.165, 1.54) is 5.69 Å². The molecule has 4 rings (SSSR count). The largest absolute Gasteiger partial charge is 0.493 e. The number of carbonyl (C=O) groups is 1. The number of ether oxygens (including phenoxy) is 1. The number of para-hydroxylation sites is 1. The smallest absolute Gasteiger partial charge is 0.237 e. The topological polar surface area (TPSA) is 59.4 Å². The Bertz CT molecular complexity index is 785. The van der Waals surface area contributed by atoms with E-state index in [0.29, 0.717) is 6.61 Å². The number of hydrogen-bond donors (Lipinski definition) is 1. The maximum absolute atomic E-state index is 12.8. The van der Waals surface area contributed by atoms with Crippen molar-refractivity contribution in [3.05, 3.63) is 47.5 Å². The fourth-order valence-corrected chi connectivity index (χ4v) is 3.76. The quantitative estimate of drug-likeness (QED) is 0.926. The molecule has 0 unspecified atom stereocenters. The van der Waals surface area contributed by atoms with Crippen LogP contribution < -0.4 is 10.1 Å². The summed E-state index contributed by atoms with van der Waals surface area (Å²) in [6.07, 6.45) is 3.60. The molecule has 0 saturated carbocycles. The number of amides is 1. The second-order valence-electron chi connectivity index (χ2n) is 6.88. The molecular formula is C19H24N4O2. The standard InChI is InChI=1S/C19H24N4O2/c1-13(23-9-7-17-16(11-23)20-12-22(17)2)19(24)21-15-8-10-25-18-6-4-3-5-14(15)18/h3-6,12-13,15H,7-11H2,1-2H3,(H,21,24)/t13-,15-/m0/s1. The average molecular weight is 340 g/mol. The molecule has 132 valence electrons. The first kappa shape index (κ1) is 16.1. The van der Waals surface area contributed by atoms with Crippen LogP contribution in [0.2, 0.25) is 0 Å². The molecule has 1 N–H and O–H groups in total. The third-order valence-electron chi connectivity index (χ3n) is 5.34. The van der Waals surface area contributed by atoms with Crippen LogP contribution >= 0.6 is 0 Å². The molecule has 0 bridgehead atoms. The van der Waals surface area contributed by atoms with E-state index in [9.17, 15) is 4.79 Å². The van der Waals surface area contributed by atoms with Gasteiger partial charge < -0.3 is 14.6 Å². The van der Waals surface area contributed by atoms with E-state index in [1.54, 1.807) is 0 Å². The number of imidazole rings is 1. The zero-order chi connectivity index (χ0) is 17.4. The van der Waals surface area contributed by atoms with E-state index in [0.717, 1.165) is 42.9 Å². The van der Waals surface area contributed by atoms with Gasteiger partial charge >= 0.3 is 0 Å². The van der Waals surface area contributed by atoms with E-state index in [2.05, 4.69) is 19.8 Å². The Balaban J connectivity index is 1.44. The molecule has 0 spiro atoms. The average Bonchev–Trinajstić information content (AvgIpc) is 3.02. The number of fused-ring (bicyclic) bond motifs is 2. The molecular weight excluding hydrogens is 316 g/mol. The van der Waals surface area contributed by atoms with E-state index < -0.39 is 0 Å². The molecule has 0 radical (unpaired) electrons. The number of nitrogens with zero attached hydrogens (tertiary/aromatic N) is 3. The van der Waals surface area contributed by atoms with Crippen LogP contribution in [0.1, 0.15) is 36.3 Å². The molecule has 6 nitrogen and oxygen atoms in total. The monoisotopic (exact) mass is 340 g/mol. The third kappa shape index (κ3) is 3.02. The lowest BCUT2D eigenvalue weighted by atomic mass is 10.00. The Morgan fingerprint density at radius 1 is 1.40 bits per heavy atom. The van der Waals surface area contributed by atoms with Crippen molar-refractivity contribution in [2.24, 2.45) is 7.05 Å². The lowest BCUT2D eigenvalue weighted by Gasteiger charge is -2.33. The molecule has 1 amide bonds. The van der Waals surface area contributed by atoms with Gasteiger partial charge in [0.25, 0.3) is 0 Å². The highest BCUT2D eigenvalue weighted by molar-refractivity contribution is 5.82. The van der Waals surface area contributed by atoms with Crippen molar-refractivity contribution in [3.63, 3.8) is 0 Å². The lowest BCUT2D eigenvalue weighted by molar-refractivity contribution is -0.127. The molecule has 2 atom stereocenters. The number of aromatic nitrogens is 2. The summed E-state index contributed by atoms with van der Waals surface area (Å²) in [4.78, 5) is 19.5. The normalized spacial score (nSPS) is 21.0. The SMILES string of the molecule is C[C@@H](C(=O)N[C@H]1CCOc2ccccc21)N1CCc2c(ncn2C)C1. The van der Waals surface area contributed by atoms with Gasteiger partial charge in [-0.25, -0.2) is 4.98 Å². The van der Waals surface area contributed by atoms with Crippen molar-refractivity contribution in [2.75, 3.05) is 13.2 Å². The first-order valence-corrected chi connectivity index (χ1v) is 8.88. The molecule has 25 heavy (non-hydrogen) atoms. The summed E-state index contributed by atoms with van der Waals surface area (Å²) in [6, 6.07) is 7.79. The van der Waals surface area contributed by atoms with E-state index >= 15 is 0 Å². The summed E-state index contributed by atoms with van der Waals surface area (Å²) >= 11 is 0. The summed E-state index contributed by atoms with van der Waals surface area (Å²) in [5.74, 6) is 0.948. The summed E-state index contributed by atoms with van der Waals surface area (Å²) in [5.41, 5.74) is 3.44. The van der Waals surface area contributed by atoms with E-state index in [4.69, 9.17) is 4.74 Å². The summed E-state index contributed by atoms with van der Waals surface area (Å²) in [7, 11) is 2.03. The number of nitrogens with one attached hydrogen (secondary N) is 1. The van der Waals surface area contributed by atoms with Gasteiger partial charge in [0.1, 0.15) is 5.75 Å². The van der Waals surface area contributed by atoms with Gasteiger partial charge in [-0.05, 0) is 13.0 Å². The van der Waals surface area contributed by atoms with Crippen molar-refractivity contribution in [2.45, 2.75) is 38.4 Å². The second kappa shape index (κ2) is 6.52. The minimum absolute atomic E-state index is 0.0232. The van der Waals surface area contributed by atoms with Crippen molar-refractivity contribution in [1.29, 1.82) is 0 Å². The third-order valence-corrected chi connectivity index (χ3v) is 5.34. The summed E-state index contributed by atoms with van der Waals surface area (Å²) < 4.78 is 7.76. The molecule has 0 saturated heterocycles. The van der Waals surface area contributed by atoms with Gasteiger partial charge in [-0.1, -0.05) is 18.2 Å². The first-order chi connectivity index (χ1) is 12.1. The molecule has 1 aromatic carbocycles. The van der Waals surface area contributed by atoms with Gasteiger partial charge in [-0.2, -0.15) is 0 Å². The number of carbonyl (C=O) groups excluding carboxylic acids is 1. The highest BCUT2D eigenvalue weighted by Crippen LogP contribution is 2.31. The molecule has 2 aromatic rings. The first-order valence-electron chi connectivity index (χ1n) is 8.88. The van der Waals surface area contributed by atoms with Crippen LogP contribution in [0.3, 0.4) is 0 Å². The molecule has 2 aliphatic rings. The summed E-state index contributed by atoms with van der Waals surface area (Å²) in [5, 5.41) is 3.22. The van der Waals surface area contributed by atoms with Crippen LogP contribution in [-0.4, -0.2) is 39.6 Å². The maximum Gasteiger partial charge on any atom is 0.237 e. The molecule has 6 heteroatoms. The van der Waals surface area contributed by atoms with Crippen molar-refractivity contribution < 1.29 is 9.53 Å². The van der Waals surface area contributed by atoms with Crippen molar-refractivity contribution in [3.8, 4) is 5.75 Å². The van der Waals surface area contributed by atoms with Gasteiger partial charge in [-0.3, -0.25) is 9.69 Å². The van der Waals surface area contributed by atoms with Crippen LogP contribution in [0.25, 0.3) is 0 Å². The van der Waals surface area contributed by atoms with E-state index in [-0.39, 0.29) is 18.0 Å². The van der Waals surface area contributed by atoms with Crippen molar-refractivity contribution in [1.82, 2.24) is 19.8 Å². The fourth-order valence-electron chi connectivity index (χ4n) is 3.76. The molecule has 0 aliphatic carbocycles. The zero-order valence-electron chi connectivity index (χ0n) is 14.7. The predicted octanol–water partition coefficient (Wildman–Crippen LogP) is 1.81. The van der Waals surface area contributed by atoms with Gasteiger partial charge in [0.15, 0.2) is 0 Å². The Morgan fingerprint density at radius 3 is 3.12 bits per heavy atom. The van der Waals surface area contributed by atoms with Crippen LogP contribution in [0.4, 0.5) is 0 Å². The predicted molar refractivity (Wildman–Crippen MR) is 94.2 cm³/mol. The van der Waals surface area contributed by atoms with E-state index in [1.807, 2.05) is 44.6 Å². The molecule has 3 heterocycles.